The Hall–Kier alpha value is -2.28. The first kappa shape index (κ1) is 13.7. The fourth-order valence-corrected chi connectivity index (χ4v) is 2.82. The van der Waals surface area contributed by atoms with Crippen LogP contribution in [0.15, 0.2) is 36.5 Å². The first-order valence-electron chi connectivity index (χ1n) is 5.87. The molecule has 0 N–H and O–H groups in total. The molecule has 3 nitrogen and oxygen atoms in total. The minimum absolute atomic E-state index is 0.00720. The van der Waals surface area contributed by atoms with Crippen molar-refractivity contribution in [3.8, 4) is 11.4 Å². The van der Waals surface area contributed by atoms with E-state index in [1.807, 2.05) is 0 Å². The van der Waals surface area contributed by atoms with E-state index >= 15 is 0 Å². The largest absolute Gasteiger partial charge is 0.433 e. The average Bonchev–Trinajstić information content (AvgIpc) is 2.88. The summed E-state index contributed by atoms with van der Waals surface area (Å²) in [4.78, 5) is 18.7. The van der Waals surface area contributed by atoms with Crippen molar-refractivity contribution in [3.63, 3.8) is 0 Å². The van der Waals surface area contributed by atoms with Gasteiger partial charge in [-0.3, -0.25) is 4.79 Å². The summed E-state index contributed by atoms with van der Waals surface area (Å²) in [5.74, 6) is 0.00720. The number of fused-ring (bicyclic) bond motifs is 1. The molecule has 2 heterocycles. The number of nitrogens with zero attached hydrogens (tertiary/aromatic N) is 2. The highest BCUT2D eigenvalue weighted by Gasteiger charge is 2.32. The molecule has 1 aromatic carbocycles. The molecule has 2 aromatic heterocycles. The highest BCUT2D eigenvalue weighted by Crippen LogP contribution is 2.31. The van der Waals surface area contributed by atoms with Crippen LogP contribution >= 0.6 is 11.3 Å². The lowest BCUT2D eigenvalue weighted by Crippen LogP contribution is -2.08. The van der Waals surface area contributed by atoms with Crippen molar-refractivity contribution in [1.82, 2.24) is 9.97 Å². The van der Waals surface area contributed by atoms with Crippen LogP contribution in [-0.4, -0.2) is 16.3 Å². The maximum absolute atomic E-state index is 12.7. The second kappa shape index (κ2) is 4.92. The maximum atomic E-state index is 12.7. The van der Waals surface area contributed by atoms with Crippen LogP contribution in [0, 0.1) is 0 Å². The lowest BCUT2D eigenvalue weighted by Gasteiger charge is -2.07. The Morgan fingerprint density at radius 2 is 1.95 bits per heavy atom. The lowest BCUT2D eigenvalue weighted by atomic mass is 10.1. The van der Waals surface area contributed by atoms with Crippen molar-refractivity contribution >= 4 is 27.7 Å². The highest BCUT2D eigenvalue weighted by atomic mass is 32.1. The van der Waals surface area contributed by atoms with E-state index in [9.17, 15) is 18.0 Å². The Bertz CT molecular complexity index is 826. The molecule has 0 aliphatic rings. The third-order valence-corrected chi connectivity index (χ3v) is 3.88. The topological polar surface area (TPSA) is 42.9 Å². The van der Waals surface area contributed by atoms with Crippen LogP contribution in [0.1, 0.15) is 15.4 Å². The Labute approximate surface area is 121 Å². The van der Waals surface area contributed by atoms with Gasteiger partial charge in [0.25, 0.3) is 0 Å². The zero-order chi connectivity index (χ0) is 15.0. The molecule has 0 saturated heterocycles. The van der Waals surface area contributed by atoms with Crippen molar-refractivity contribution in [2.24, 2.45) is 0 Å². The molecule has 0 radical (unpaired) electrons. The number of alkyl halides is 3. The maximum Gasteiger partial charge on any atom is 0.433 e. The molecule has 0 atom stereocenters. The molecule has 0 saturated carbocycles. The van der Waals surface area contributed by atoms with E-state index in [1.165, 1.54) is 11.3 Å². The predicted octanol–water partition coefficient (Wildman–Crippen LogP) is 4.19. The number of halogens is 3. The van der Waals surface area contributed by atoms with Crippen molar-refractivity contribution in [2.45, 2.75) is 6.18 Å². The predicted molar refractivity (Wildman–Crippen MR) is 73.2 cm³/mol. The van der Waals surface area contributed by atoms with Crippen LogP contribution in [0.2, 0.25) is 0 Å². The van der Waals surface area contributed by atoms with Gasteiger partial charge in [0.15, 0.2) is 12.1 Å². The van der Waals surface area contributed by atoms with Crippen molar-refractivity contribution in [3.05, 3.63) is 47.1 Å². The van der Waals surface area contributed by atoms with Crippen LogP contribution in [0.5, 0.6) is 0 Å². The van der Waals surface area contributed by atoms with Gasteiger partial charge in [0.05, 0.1) is 4.88 Å². The number of thiophene rings is 1. The number of carbonyl (C=O) groups excluding carboxylic acids is 1. The van der Waals surface area contributed by atoms with Gasteiger partial charge in [-0.1, -0.05) is 12.1 Å². The minimum Gasteiger partial charge on any atom is -0.297 e. The van der Waals surface area contributed by atoms with Crippen molar-refractivity contribution in [2.75, 3.05) is 0 Å². The van der Waals surface area contributed by atoms with E-state index in [4.69, 9.17) is 0 Å². The summed E-state index contributed by atoms with van der Waals surface area (Å²) in [6.45, 7) is 0. The average molecular weight is 308 g/mol. The van der Waals surface area contributed by atoms with E-state index in [0.29, 0.717) is 10.4 Å². The highest BCUT2D eigenvalue weighted by molar-refractivity contribution is 7.20. The summed E-state index contributed by atoms with van der Waals surface area (Å²) in [6, 6.07) is 7.61. The minimum atomic E-state index is -4.50. The van der Waals surface area contributed by atoms with Crippen LogP contribution in [0.3, 0.4) is 0 Å². The summed E-state index contributed by atoms with van der Waals surface area (Å²) in [5, 5.41) is 0.859. The van der Waals surface area contributed by atoms with Crippen LogP contribution in [0.4, 0.5) is 13.2 Å². The summed E-state index contributed by atoms with van der Waals surface area (Å²) >= 11 is 1.27. The van der Waals surface area contributed by atoms with Gasteiger partial charge in [0.2, 0.25) is 0 Å². The first-order chi connectivity index (χ1) is 9.97. The van der Waals surface area contributed by atoms with Crippen LogP contribution < -0.4 is 0 Å². The summed E-state index contributed by atoms with van der Waals surface area (Å²) in [5.41, 5.74) is -0.500. The van der Waals surface area contributed by atoms with E-state index in [2.05, 4.69) is 9.97 Å². The second-order valence-corrected chi connectivity index (χ2v) is 5.40. The summed E-state index contributed by atoms with van der Waals surface area (Å²) in [6.07, 6.45) is -2.68. The molecule has 3 rings (SSSR count). The Kier molecular flexibility index (Phi) is 3.21. The van der Waals surface area contributed by atoms with Gasteiger partial charge in [0, 0.05) is 16.5 Å². The monoisotopic (exact) mass is 308 g/mol. The SMILES string of the molecule is O=Cc1cc2ccc(-c3nccc(C(F)(F)F)n3)cc2s1. The van der Waals surface area contributed by atoms with Gasteiger partial charge in [0.1, 0.15) is 5.69 Å². The molecule has 21 heavy (non-hydrogen) atoms. The van der Waals surface area contributed by atoms with Gasteiger partial charge in [-0.05, 0) is 23.6 Å². The lowest BCUT2D eigenvalue weighted by molar-refractivity contribution is -0.141. The number of carbonyl (C=O) groups is 1. The second-order valence-electron chi connectivity index (χ2n) is 4.28. The van der Waals surface area contributed by atoms with Crippen molar-refractivity contribution in [1.29, 1.82) is 0 Å². The number of aromatic nitrogens is 2. The molecule has 0 unspecified atom stereocenters. The summed E-state index contributed by atoms with van der Waals surface area (Å²) < 4.78 is 38.8. The number of rotatable bonds is 2. The van der Waals surface area contributed by atoms with Gasteiger partial charge in [-0.25, -0.2) is 9.97 Å². The molecule has 3 aromatic rings. The quantitative estimate of drug-likeness (QED) is 0.667. The molecule has 0 fully saturated rings. The standard InChI is InChI=1S/C14H7F3N2OS/c15-14(16,17)12-3-4-18-13(19-12)9-2-1-8-5-10(7-20)21-11(8)6-9/h1-7H. The van der Waals surface area contributed by atoms with E-state index < -0.39 is 11.9 Å². The van der Waals surface area contributed by atoms with Gasteiger partial charge < -0.3 is 0 Å². The van der Waals surface area contributed by atoms with E-state index in [0.717, 1.165) is 28.6 Å². The van der Waals surface area contributed by atoms with Crippen LogP contribution in [0.25, 0.3) is 21.5 Å². The van der Waals surface area contributed by atoms with Gasteiger partial charge >= 0.3 is 6.18 Å². The fourth-order valence-electron chi connectivity index (χ4n) is 1.90. The third kappa shape index (κ3) is 2.64. The number of aldehydes is 1. The molecular weight excluding hydrogens is 301 g/mol. The molecule has 0 bridgehead atoms. The Morgan fingerprint density at radius 3 is 2.67 bits per heavy atom. The molecule has 0 spiro atoms. The zero-order valence-electron chi connectivity index (χ0n) is 10.4. The number of benzene rings is 1. The third-order valence-electron chi connectivity index (χ3n) is 2.86. The number of hydrogen-bond donors (Lipinski definition) is 0. The molecule has 106 valence electrons. The molecule has 0 amide bonds. The molecule has 0 aliphatic carbocycles. The smallest absolute Gasteiger partial charge is 0.297 e. The van der Waals surface area contributed by atoms with E-state index in [1.54, 1.807) is 24.3 Å². The fraction of sp³-hybridized carbons (Fsp3) is 0.0714. The Morgan fingerprint density at radius 1 is 1.14 bits per heavy atom. The van der Waals surface area contributed by atoms with Gasteiger partial charge in [-0.15, -0.1) is 11.3 Å². The normalized spacial score (nSPS) is 11.8. The van der Waals surface area contributed by atoms with Gasteiger partial charge in [-0.2, -0.15) is 13.2 Å². The molecule has 7 heteroatoms. The number of hydrogen-bond acceptors (Lipinski definition) is 4. The van der Waals surface area contributed by atoms with Crippen molar-refractivity contribution < 1.29 is 18.0 Å². The van der Waals surface area contributed by atoms with Crippen LogP contribution in [-0.2, 0) is 6.18 Å². The first-order valence-corrected chi connectivity index (χ1v) is 6.68. The zero-order valence-corrected chi connectivity index (χ0v) is 11.2. The Balaban J connectivity index is 2.09. The summed E-state index contributed by atoms with van der Waals surface area (Å²) in [7, 11) is 0. The molecule has 0 aliphatic heterocycles. The molecular formula is C14H7F3N2OS. The van der Waals surface area contributed by atoms with E-state index in [-0.39, 0.29) is 5.82 Å².